The maximum atomic E-state index is 12.2. The van der Waals surface area contributed by atoms with Crippen LogP contribution in [0.3, 0.4) is 0 Å². The SMILES string of the molecule is O=C(NCCCCN1CCN(Cc2ccccc2)CC1)c1cc(Cl)ccc1Cl. The first kappa shape index (κ1) is 21.1. The Morgan fingerprint density at radius 1 is 0.929 bits per heavy atom. The van der Waals surface area contributed by atoms with E-state index in [1.807, 2.05) is 0 Å². The second-order valence-corrected chi connectivity index (χ2v) is 8.03. The lowest BCUT2D eigenvalue weighted by Gasteiger charge is -2.34. The van der Waals surface area contributed by atoms with Gasteiger partial charge in [0, 0.05) is 44.3 Å². The molecule has 150 valence electrons. The van der Waals surface area contributed by atoms with Gasteiger partial charge in [0.05, 0.1) is 10.6 Å². The van der Waals surface area contributed by atoms with Gasteiger partial charge in [0.15, 0.2) is 0 Å². The van der Waals surface area contributed by atoms with Crippen molar-refractivity contribution < 1.29 is 4.79 Å². The van der Waals surface area contributed by atoms with Crippen LogP contribution in [0.5, 0.6) is 0 Å². The van der Waals surface area contributed by atoms with Gasteiger partial charge in [0.25, 0.3) is 5.91 Å². The Morgan fingerprint density at radius 3 is 2.39 bits per heavy atom. The van der Waals surface area contributed by atoms with E-state index in [9.17, 15) is 4.79 Å². The molecular weight excluding hydrogens is 393 g/mol. The van der Waals surface area contributed by atoms with Crippen LogP contribution in [0.1, 0.15) is 28.8 Å². The fourth-order valence-electron chi connectivity index (χ4n) is 3.44. The maximum absolute atomic E-state index is 12.2. The highest BCUT2D eigenvalue weighted by Crippen LogP contribution is 2.20. The molecule has 0 unspecified atom stereocenters. The number of amides is 1. The highest BCUT2D eigenvalue weighted by Gasteiger charge is 2.16. The third-order valence-corrected chi connectivity index (χ3v) is 5.64. The number of unbranched alkanes of at least 4 members (excludes halogenated alkanes) is 1. The number of nitrogens with one attached hydrogen (secondary N) is 1. The van der Waals surface area contributed by atoms with Crippen molar-refractivity contribution in [3.63, 3.8) is 0 Å². The van der Waals surface area contributed by atoms with Crippen LogP contribution in [-0.4, -0.2) is 55.0 Å². The van der Waals surface area contributed by atoms with E-state index in [0.717, 1.165) is 52.1 Å². The molecule has 4 nitrogen and oxygen atoms in total. The molecule has 0 aliphatic carbocycles. The van der Waals surface area contributed by atoms with Crippen LogP contribution in [0, 0.1) is 0 Å². The van der Waals surface area contributed by atoms with Crippen LogP contribution in [0.4, 0.5) is 0 Å². The monoisotopic (exact) mass is 419 g/mol. The molecule has 0 bridgehead atoms. The van der Waals surface area contributed by atoms with E-state index in [1.54, 1.807) is 18.2 Å². The second-order valence-electron chi connectivity index (χ2n) is 7.19. The standard InChI is InChI=1S/C22H27Cl2N3O/c23-19-8-9-21(24)20(16-19)22(28)25-10-4-5-11-26-12-14-27(15-13-26)17-18-6-2-1-3-7-18/h1-3,6-9,16H,4-5,10-15,17H2,(H,25,28). The minimum atomic E-state index is -0.165. The largest absolute Gasteiger partial charge is 0.352 e. The summed E-state index contributed by atoms with van der Waals surface area (Å²) in [6, 6.07) is 15.6. The third kappa shape index (κ3) is 6.49. The first-order chi connectivity index (χ1) is 13.6. The first-order valence-corrected chi connectivity index (χ1v) is 10.6. The average Bonchev–Trinajstić information content (AvgIpc) is 2.71. The Bertz CT molecular complexity index is 762. The minimum absolute atomic E-state index is 0.165. The van der Waals surface area contributed by atoms with Gasteiger partial charge >= 0.3 is 0 Å². The Morgan fingerprint density at radius 2 is 1.64 bits per heavy atom. The maximum Gasteiger partial charge on any atom is 0.252 e. The van der Waals surface area contributed by atoms with Crippen molar-refractivity contribution in [3.8, 4) is 0 Å². The Hall–Kier alpha value is -1.59. The normalized spacial score (nSPS) is 15.5. The molecule has 1 heterocycles. The average molecular weight is 420 g/mol. The van der Waals surface area contributed by atoms with E-state index >= 15 is 0 Å². The van der Waals surface area contributed by atoms with Crippen molar-refractivity contribution in [2.24, 2.45) is 0 Å². The lowest BCUT2D eigenvalue weighted by atomic mass is 10.2. The molecule has 0 radical (unpaired) electrons. The number of hydrogen-bond donors (Lipinski definition) is 1. The molecule has 2 aromatic carbocycles. The Balaban J connectivity index is 1.29. The first-order valence-electron chi connectivity index (χ1n) is 9.84. The summed E-state index contributed by atoms with van der Waals surface area (Å²) < 4.78 is 0. The highest BCUT2D eigenvalue weighted by molar-refractivity contribution is 6.35. The van der Waals surface area contributed by atoms with Crippen LogP contribution in [0.2, 0.25) is 10.0 Å². The number of carbonyl (C=O) groups is 1. The van der Waals surface area contributed by atoms with Gasteiger partial charge in [-0.05, 0) is 43.1 Å². The van der Waals surface area contributed by atoms with Gasteiger partial charge in [0.1, 0.15) is 0 Å². The van der Waals surface area contributed by atoms with Crippen molar-refractivity contribution in [3.05, 3.63) is 69.7 Å². The molecule has 0 aromatic heterocycles. The molecule has 2 aromatic rings. The van der Waals surface area contributed by atoms with E-state index in [0.29, 0.717) is 22.2 Å². The van der Waals surface area contributed by atoms with E-state index in [-0.39, 0.29) is 5.91 Å². The molecule has 1 aliphatic rings. The summed E-state index contributed by atoms with van der Waals surface area (Å²) in [5, 5.41) is 3.87. The van der Waals surface area contributed by atoms with Gasteiger partial charge in [-0.3, -0.25) is 9.69 Å². The van der Waals surface area contributed by atoms with E-state index in [2.05, 4.69) is 45.4 Å². The van der Waals surface area contributed by atoms with E-state index in [4.69, 9.17) is 23.2 Å². The fraction of sp³-hybridized carbons (Fsp3) is 0.409. The van der Waals surface area contributed by atoms with Crippen molar-refractivity contribution in [2.75, 3.05) is 39.3 Å². The molecule has 1 amide bonds. The lowest BCUT2D eigenvalue weighted by Crippen LogP contribution is -2.46. The molecule has 0 spiro atoms. The summed E-state index contributed by atoms with van der Waals surface area (Å²) in [5.41, 5.74) is 1.82. The van der Waals surface area contributed by atoms with Crippen LogP contribution >= 0.6 is 23.2 Å². The van der Waals surface area contributed by atoms with Crippen molar-refractivity contribution >= 4 is 29.1 Å². The van der Waals surface area contributed by atoms with E-state index in [1.165, 1.54) is 5.56 Å². The highest BCUT2D eigenvalue weighted by atomic mass is 35.5. The van der Waals surface area contributed by atoms with Crippen LogP contribution < -0.4 is 5.32 Å². The third-order valence-electron chi connectivity index (χ3n) is 5.07. The molecule has 1 N–H and O–H groups in total. The van der Waals surface area contributed by atoms with Gasteiger partial charge < -0.3 is 10.2 Å². The fourth-order valence-corrected chi connectivity index (χ4v) is 3.82. The minimum Gasteiger partial charge on any atom is -0.352 e. The van der Waals surface area contributed by atoms with Gasteiger partial charge in [-0.25, -0.2) is 0 Å². The number of carbonyl (C=O) groups excluding carboxylic acids is 1. The lowest BCUT2D eigenvalue weighted by molar-refractivity contribution is 0.0951. The Kier molecular flexibility index (Phi) is 8.16. The van der Waals surface area contributed by atoms with Gasteiger partial charge in [0.2, 0.25) is 0 Å². The van der Waals surface area contributed by atoms with E-state index < -0.39 is 0 Å². The topological polar surface area (TPSA) is 35.6 Å². The smallest absolute Gasteiger partial charge is 0.252 e. The zero-order valence-electron chi connectivity index (χ0n) is 16.0. The summed E-state index contributed by atoms with van der Waals surface area (Å²) in [6.07, 6.45) is 2.02. The molecule has 1 aliphatic heterocycles. The van der Waals surface area contributed by atoms with Crippen molar-refractivity contribution in [1.82, 2.24) is 15.1 Å². The zero-order chi connectivity index (χ0) is 19.8. The van der Waals surface area contributed by atoms with Crippen molar-refractivity contribution in [1.29, 1.82) is 0 Å². The molecule has 1 fully saturated rings. The van der Waals surface area contributed by atoms with Crippen LogP contribution in [0.15, 0.2) is 48.5 Å². The summed E-state index contributed by atoms with van der Waals surface area (Å²) in [5.74, 6) is -0.165. The number of nitrogens with zero attached hydrogens (tertiary/aromatic N) is 2. The molecular formula is C22H27Cl2N3O. The second kappa shape index (κ2) is 10.8. The number of hydrogen-bond acceptors (Lipinski definition) is 3. The summed E-state index contributed by atoms with van der Waals surface area (Å²) in [7, 11) is 0. The van der Waals surface area contributed by atoms with Crippen molar-refractivity contribution in [2.45, 2.75) is 19.4 Å². The van der Waals surface area contributed by atoms with Crippen LogP contribution in [0.25, 0.3) is 0 Å². The predicted molar refractivity (Wildman–Crippen MR) is 116 cm³/mol. The summed E-state index contributed by atoms with van der Waals surface area (Å²) >= 11 is 12.0. The summed E-state index contributed by atoms with van der Waals surface area (Å²) in [6.45, 7) is 7.20. The molecule has 3 rings (SSSR count). The quantitative estimate of drug-likeness (QED) is 0.646. The number of rotatable bonds is 8. The summed E-state index contributed by atoms with van der Waals surface area (Å²) in [4.78, 5) is 17.2. The zero-order valence-corrected chi connectivity index (χ0v) is 17.6. The molecule has 0 atom stereocenters. The molecule has 1 saturated heterocycles. The van der Waals surface area contributed by atoms with Crippen LogP contribution in [-0.2, 0) is 6.54 Å². The number of piperazine rings is 1. The molecule has 6 heteroatoms. The predicted octanol–water partition coefficient (Wildman–Crippen LogP) is 4.32. The molecule has 0 saturated carbocycles. The van der Waals surface area contributed by atoms with Gasteiger partial charge in [-0.15, -0.1) is 0 Å². The number of halogens is 2. The Labute approximate surface area is 177 Å². The van der Waals surface area contributed by atoms with Gasteiger partial charge in [-0.1, -0.05) is 53.5 Å². The molecule has 28 heavy (non-hydrogen) atoms. The van der Waals surface area contributed by atoms with Gasteiger partial charge in [-0.2, -0.15) is 0 Å². The number of benzene rings is 2.